The maximum absolute atomic E-state index is 11.5. The van der Waals surface area contributed by atoms with E-state index in [1.807, 2.05) is 18.8 Å². The minimum Gasteiger partial charge on any atom is -0.493 e. The van der Waals surface area contributed by atoms with Gasteiger partial charge in [-0.25, -0.2) is 0 Å². The average Bonchev–Trinajstić information content (AvgIpc) is 2.68. The first-order valence-corrected chi connectivity index (χ1v) is 6.52. The molecule has 1 aromatic rings. The summed E-state index contributed by atoms with van der Waals surface area (Å²) in [5.41, 5.74) is 0.715. The fourth-order valence-electron chi connectivity index (χ4n) is 2.37. The maximum atomic E-state index is 11.5. The van der Waals surface area contributed by atoms with Gasteiger partial charge in [-0.05, 0) is 21.0 Å². The highest BCUT2D eigenvalue weighted by atomic mass is 16.5. The van der Waals surface area contributed by atoms with Crippen molar-refractivity contribution >= 4 is 5.78 Å². The Balaban J connectivity index is 3.07. The monoisotopic (exact) mass is 267 g/mol. The molecule has 0 saturated heterocycles. The summed E-state index contributed by atoms with van der Waals surface area (Å²) in [6.07, 6.45) is 2.21. The van der Waals surface area contributed by atoms with Crippen LogP contribution in [-0.2, 0) is 16.8 Å². The number of carbonyl (C=O) groups excluding carboxylic acids is 1. The van der Waals surface area contributed by atoms with Crippen LogP contribution in [0.1, 0.15) is 32.9 Å². The number of ether oxygens (including phenoxy) is 1. The van der Waals surface area contributed by atoms with Gasteiger partial charge in [0.15, 0.2) is 5.75 Å². The lowest BCUT2D eigenvalue weighted by Crippen LogP contribution is -2.28. The number of methoxy groups -OCH3 is 1. The van der Waals surface area contributed by atoms with Crippen LogP contribution in [0.25, 0.3) is 0 Å². The Morgan fingerprint density at radius 2 is 2.11 bits per heavy atom. The highest BCUT2D eigenvalue weighted by Gasteiger charge is 2.30. The third-order valence-corrected chi connectivity index (χ3v) is 3.12. The number of aromatic nitrogens is 2. The number of rotatable bonds is 7. The number of ketones is 1. The highest BCUT2D eigenvalue weighted by molar-refractivity contribution is 5.77. The summed E-state index contributed by atoms with van der Waals surface area (Å²) in [6, 6.07) is 0. The van der Waals surface area contributed by atoms with E-state index in [0.717, 1.165) is 24.5 Å². The fraction of sp³-hybridized carbons (Fsp3) is 0.714. The zero-order chi connectivity index (χ0) is 14.6. The van der Waals surface area contributed by atoms with Crippen molar-refractivity contribution in [1.82, 2.24) is 14.7 Å². The van der Waals surface area contributed by atoms with Gasteiger partial charge < -0.3 is 9.64 Å². The predicted molar refractivity (Wildman–Crippen MR) is 75.7 cm³/mol. The van der Waals surface area contributed by atoms with Crippen LogP contribution in [0.3, 0.4) is 0 Å². The third kappa shape index (κ3) is 4.06. The molecule has 0 aromatic carbocycles. The normalized spacial score (nSPS) is 11.9. The predicted octanol–water partition coefficient (Wildman–Crippen LogP) is 1.71. The molecule has 0 aliphatic carbocycles. The lowest BCUT2D eigenvalue weighted by Gasteiger charge is -2.26. The number of carbonyl (C=O) groups is 1. The molecule has 0 saturated carbocycles. The molecule has 5 heteroatoms. The van der Waals surface area contributed by atoms with Gasteiger partial charge in [0.1, 0.15) is 5.78 Å². The van der Waals surface area contributed by atoms with Crippen molar-refractivity contribution in [3.05, 3.63) is 11.9 Å². The zero-order valence-electron chi connectivity index (χ0n) is 12.9. The Kier molecular flexibility index (Phi) is 5.11. The summed E-state index contributed by atoms with van der Waals surface area (Å²) in [7, 11) is 5.70. The lowest BCUT2D eigenvalue weighted by molar-refractivity contribution is -0.118. The molecule has 0 aliphatic rings. The Bertz CT molecular complexity index is 436. The molecule has 0 atom stereocenters. The summed E-state index contributed by atoms with van der Waals surface area (Å²) in [6.45, 7) is 7.41. The molecule has 1 aromatic heterocycles. The lowest BCUT2D eigenvalue weighted by atomic mass is 9.83. The Hall–Kier alpha value is -1.36. The number of Topliss-reactive ketones (excluding diaryl/α,β-unsaturated/α-hetero) is 1. The van der Waals surface area contributed by atoms with Crippen molar-refractivity contribution in [3.63, 3.8) is 0 Å². The molecule has 1 rings (SSSR count). The van der Waals surface area contributed by atoms with Crippen LogP contribution in [0.5, 0.6) is 5.75 Å². The highest BCUT2D eigenvalue weighted by Crippen LogP contribution is 2.34. The Labute approximate surface area is 115 Å². The molecule has 0 radical (unpaired) electrons. The van der Waals surface area contributed by atoms with Crippen molar-refractivity contribution in [2.24, 2.45) is 0 Å². The van der Waals surface area contributed by atoms with Gasteiger partial charge >= 0.3 is 0 Å². The standard InChI is InChI=1S/C14H25N3O2/c1-11(18)9-14(2,3)13-12(19-6)10-15-17(13)8-7-16(4)5/h10H,7-9H2,1-6H3. The van der Waals surface area contributed by atoms with Crippen LogP contribution in [-0.4, -0.2) is 48.2 Å². The topological polar surface area (TPSA) is 47.4 Å². The van der Waals surface area contributed by atoms with E-state index in [-0.39, 0.29) is 11.2 Å². The Morgan fingerprint density at radius 1 is 1.47 bits per heavy atom. The SMILES string of the molecule is COc1cnn(CCN(C)C)c1C(C)(C)CC(C)=O. The van der Waals surface area contributed by atoms with Crippen molar-refractivity contribution in [2.45, 2.75) is 39.2 Å². The van der Waals surface area contributed by atoms with E-state index >= 15 is 0 Å². The van der Waals surface area contributed by atoms with Crippen molar-refractivity contribution in [2.75, 3.05) is 27.7 Å². The molecule has 0 fully saturated rings. The second-order valence-electron chi connectivity index (χ2n) is 5.85. The fourth-order valence-corrected chi connectivity index (χ4v) is 2.37. The smallest absolute Gasteiger partial charge is 0.160 e. The summed E-state index contributed by atoms with van der Waals surface area (Å²) in [5.74, 6) is 0.928. The number of hydrogen-bond donors (Lipinski definition) is 0. The van der Waals surface area contributed by atoms with Crippen molar-refractivity contribution in [1.29, 1.82) is 0 Å². The molecule has 0 spiro atoms. The summed E-state index contributed by atoms with van der Waals surface area (Å²) < 4.78 is 7.34. The maximum Gasteiger partial charge on any atom is 0.160 e. The molecule has 1 heterocycles. The number of hydrogen-bond acceptors (Lipinski definition) is 4. The molecule has 0 amide bonds. The summed E-state index contributed by atoms with van der Waals surface area (Å²) >= 11 is 0. The van der Waals surface area contributed by atoms with Crippen LogP contribution in [0.15, 0.2) is 6.20 Å². The quantitative estimate of drug-likeness (QED) is 0.754. The molecule has 0 unspecified atom stereocenters. The van der Waals surface area contributed by atoms with Crippen LogP contribution >= 0.6 is 0 Å². The second kappa shape index (κ2) is 6.19. The van der Waals surface area contributed by atoms with Gasteiger partial charge in [-0.2, -0.15) is 5.10 Å². The van der Waals surface area contributed by atoms with E-state index < -0.39 is 0 Å². The summed E-state index contributed by atoms with van der Waals surface area (Å²) in [4.78, 5) is 13.6. The van der Waals surface area contributed by atoms with Gasteiger partial charge in [0.25, 0.3) is 0 Å². The largest absolute Gasteiger partial charge is 0.493 e. The minimum atomic E-state index is -0.278. The number of likely N-dealkylation sites (N-methyl/N-ethyl adjacent to an activating group) is 1. The minimum absolute atomic E-state index is 0.174. The molecular weight excluding hydrogens is 242 g/mol. The van der Waals surface area contributed by atoms with E-state index in [1.54, 1.807) is 20.2 Å². The first-order valence-electron chi connectivity index (χ1n) is 6.52. The van der Waals surface area contributed by atoms with E-state index in [0.29, 0.717) is 6.42 Å². The molecule has 0 bridgehead atoms. The summed E-state index contributed by atoms with van der Waals surface area (Å²) in [5, 5.41) is 4.39. The molecule has 5 nitrogen and oxygen atoms in total. The van der Waals surface area contributed by atoms with E-state index in [2.05, 4.69) is 23.8 Å². The van der Waals surface area contributed by atoms with Gasteiger partial charge in [-0.1, -0.05) is 13.8 Å². The third-order valence-electron chi connectivity index (χ3n) is 3.12. The van der Waals surface area contributed by atoms with Crippen LogP contribution < -0.4 is 4.74 Å². The first kappa shape index (κ1) is 15.7. The average molecular weight is 267 g/mol. The van der Waals surface area contributed by atoms with Crippen LogP contribution in [0.2, 0.25) is 0 Å². The molecule has 19 heavy (non-hydrogen) atoms. The zero-order valence-corrected chi connectivity index (χ0v) is 12.9. The van der Waals surface area contributed by atoms with Gasteiger partial charge in [-0.3, -0.25) is 9.48 Å². The van der Waals surface area contributed by atoms with Gasteiger partial charge in [-0.15, -0.1) is 0 Å². The van der Waals surface area contributed by atoms with Crippen LogP contribution in [0, 0.1) is 0 Å². The van der Waals surface area contributed by atoms with Gasteiger partial charge in [0.2, 0.25) is 0 Å². The molecule has 0 N–H and O–H groups in total. The molecular formula is C14H25N3O2. The Morgan fingerprint density at radius 3 is 2.58 bits per heavy atom. The van der Waals surface area contributed by atoms with E-state index in [1.165, 1.54) is 0 Å². The number of nitrogens with zero attached hydrogens (tertiary/aromatic N) is 3. The molecule has 108 valence electrons. The van der Waals surface area contributed by atoms with Crippen LogP contribution in [0.4, 0.5) is 0 Å². The van der Waals surface area contributed by atoms with Gasteiger partial charge in [0.05, 0.1) is 25.5 Å². The van der Waals surface area contributed by atoms with Crippen molar-refractivity contribution in [3.8, 4) is 5.75 Å². The molecule has 0 aliphatic heterocycles. The van der Waals surface area contributed by atoms with Crippen molar-refractivity contribution < 1.29 is 9.53 Å². The van der Waals surface area contributed by atoms with Gasteiger partial charge in [0, 0.05) is 18.4 Å². The van der Waals surface area contributed by atoms with E-state index in [9.17, 15) is 4.79 Å². The first-order chi connectivity index (χ1) is 8.77. The van der Waals surface area contributed by atoms with E-state index in [4.69, 9.17) is 4.74 Å². The second-order valence-corrected chi connectivity index (χ2v) is 5.85.